The van der Waals surface area contributed by atoms with Gasteiger partial charge in [-0.15, -0.1) is 0 Å². The highest BCUT2D eigenvalue weighted by atomic mass is 19.4. The number of aliphatic hydroxyl groups is 1. The minimum atomic E-state index is -4.83. The van der Waals surface area contributed by atoms with E-state index in [9.17, 15) is 18.3 Å². The molecule has 1 aromatic rings. The lowest BCUT2D eigenvalue weighted by Crippen LogP contribution is -2.45. The Balaban J connectivity index is 1.72. The Kier molecular flexibility index (Phi) is 6.21. The summed E-state index contributed by atoms with van der Waals surface area (Å²) in [5.74, 6) is 1.53. The summed E-state index contributed by atoms with van der Waals surface area (Å²) in [6, 6.07) is 0. The average molecular weight is 401 g/mol. The standard InChI is InChI=1S/C19H30F3N5O/c1-3-23-17(27-12-14-6-4-5-7-15(14)13-27)25-9-8-18(28,19(20,21)22)16-24-10-11-26(16)2/h10-11,14-15,28H,3-9,12-13H2,1-2H3,(H,23,25). The van der Waals surface area contributed by atoms with E-state index in [1.165, 1.54) is 49.7 Å². The molecular formula is C19H30F3N5O. The molecule has 1 aromatic heterocycles. The van der Waals surface area contributed by atoms with E-state index in [0.29, 0.717) is 24.3 Å². The Hall–Kier alpha value is -1.77. The molecule has 1 saturated heterocycles. The van der Waals surface area contributed by atoms with Crippen LogP contribution in [0.15, 0.2) is 17.4 Å². The van der Waals surface area contributed by atoms with Crippen LogP contribution in [0.2, 0.25) is 0 Å². The fourth-order valence-corrected chi connectivity index (χ4v) is 4.47. The van der Waals surface area contributed by atoms with Crippen molar-refractivity contribution >= 4 is 5.96 Å². The molecule has 3 unspecified atom stereocenters. The van der Waals surface area contributed by atoms with Crippen LogP contribution in [-0.2, 0) is 12.6 Å². The topological polar surface area (TPSA) is 65.7 Å². The SMILES string of the molecule is CCNC(=NCCC(O)(c1nccn1C)C(F)(F)F)N1CC2CCCCC2C1. The number of guanidine groups is 1. The third-order valence-electron chi connectivity index (χ3n) is 6.01. The van der Waals surface area contributed by atoms with Crippen molar-refractivity contribution in [3.8, 4) is 0 Å². The van der Waals surface area contributed by atoms with E-state index in [1.54, 1.807) is 0 Å². The van der Waals surface area contributed by atoms with Crippen LogP contribution in [0.5, 0.6) is 0 Å². The molecule has 1 aliphatic heterocycles. The number of nitrogens with zero attached hydrogens (tertiary/aromatic N) is 4. The number of aromatic nitrogens is 2. The number of hydrogen-bond donors (Lipinski definition) is 2. The van der Waals surface area contributed by atoms with E-state index in [-0.39, 0.29) is 6.54 Å². The fourth-order valence-electron chi connectivity index (χ4n) is 4.47. The first-order chi connectivity index (χ1) is 13.3. The molecule has 3 rings (SSSR count). The van der Waals surface area contributed by atoms with Gasteiger partial charge in [-0.3, -0.25) is 4.99 Å². The molecule has 2 fully saturated rings. The second-order valence-corrected chi connectivity index (χ2v) is 7.92. The van der Waals surface area contributed by atoms with Crippen LogP contribution in [0.25, 0.3) is 0 Å². The van der Waals surface area contributed by atoms with Crippen LogP contribution >= 0.6 is 0 Å². The summed E-state index contributed by atoms with van der Waals surface area (Å²) >= 11 is 0. The van der Waals surface area contributed by atoms with Crippen LogP contribution in [0.4, 0.5) is 13.2 Å². The van der Waals surface area contributed by atoms with Crippen LogP contribution < -0.4 is 5.32 Å². The van der Waals surface area contributed by atoms with Gasteiger partial charge in [-0.1, -0.05) is 12.8 Å². The van der Waals surface area contributed by atoms with Gasteiger partial charge in [0, 0.05) is 52.0 Å². The number of aliphatic imine (C=N–C) groups is 1. The highest BCUT2D eigenvalue weighted by Crippen LogP contribution is 2.41. The van der Waals surface area contributed by atoms with Crippen LogP contribution in [-0.4, -0.2) is 57.9 Å². The first-order valence-electron chi connectivity index (χ1n) is 10.1. The van der Waals surface area contributed by atoms with Crippen molar-refractivity contribution < 1.29 is 18.3 Å². The summed E-state index contributed by atoms with van der Waals surface area (Å²) in [4.78, 5) is 10.3. The minimum absolute atomic E-state index is 0.142. The number of hydrogen-bond acceptors (Lipinski definition) is 3. The predicted molar refractivity (Wildman–Crippen MR) is 101 cm³/mol. The third-order valence-corrected chi connectivity index (χ3v) is 6.01. The van der Waals surface area contributed by atoms with Gasteiger partial charge in [0.05, 0.1) is 0 Å². The molecule has 0 aromatic carbocycles. The van der Waals surface area contributed by atoms with E-state index in [0.717, 1.165) is 13.1 Å². The Morgan fingerprint density at radius 3 is 2.43 bits per heavy atom. The zero-order chi connectivity index (χ0) is 20.4. The Labute approximate surface area is 163 Å². The lowest BCUT2D eigenvalue weighted by atomic mass is 9.82. The Bertz CT molecular complexity index is 675. The molecular weight excluding hydrogens is 371 g/mol. The summed E-state index contributed by atoms with van der Waals surface area (Å²) < 4.78 is 42.1. The van der Waals surface area contributed by atoms with Gasteiger partial charge in [0.15, 0.2) is 5.96 Å². The summed E-state index contributed by atoms with van der Waals surface area (Å²) in [7, 11) is 1.44. The molecule has 2 heterocycles. The molecule has 9 heteroatoms. The van der Waals surface area contributed by atoms with E-state index >= 15 is 0 Å². The Morgan fingerprint density at radius 2 is 1.93 bits per heavy atom. The molecule has 0 spiro atoms. The maximum Gasteiger partial charge on any atom is 0.424 e. The van der Waals surface area contributed by atoms with Crippen LogP contribution in [0.3, 0.4) is 0 Å². The molecule has 2 aliphatic rings. The fraction of sp³-hybridized carbons (Fsp3) is 0.789. The second-order valence-electron chi connectivity index (χ2n) is 7.92. The van der Waals surface area contributed by atoms with Gasteiger partial charge in [0.2, 0.25) is 5.60 Å². The predicted octanol–water partition coefficient (Wildman–Crippen LogP) is 2.65. The summed E-state index contributed by atoms with van der Waals surface area (Å²) in [6.07, 6.45) is 2.19. The van der Waals surface area contributed by atoms with Crippen LogP contribution in [0.1, 0.15) is 44.9 Å². The largest absolute Gasteiger partial charge is 0.424 e. The smallest absolute Gasteiger partial charge is 0.374 e. The lowest BCUT2D eigenvalue weighted by Gasteiger charge is -2.29. The van der Waals surface area contributed by atoms with E-state index in [1.807, 2.05) is 6.92 Å². The number of fused-ring (bicyclic) bond motifs is 1. The minimum Gasteiger partial charge on any atom is -0.374 e. The summed E-state index contributed by atoms with van der Waals surface area (Å²) in [5, 5.41) is 13.7. The number of imidazole rings is 1. The van der Waals surface area contributed by atoms with Gasteiger partial charge in [0.25, 0.3) is 0 Å². The molecule has 158 valence electrons. The number of aryl methyl sites for hydroxylation is 1. The van der Waals surface area contributed by atoms with Crippen molar-refractivity contribution in [2.45, 2.75) is 50.8 Å². The molecule has 0 amide bonds. The van der Waals surface area contributed by atoms with E-state index in [2.05, 4.69) is 20.2 Å². The van der Waals surface area contributed by atoms with E-state index < -0.39 is 24.0 Å². The van der Waals surface area contributed by atoms with Gasteiger partial charge in [0.1, 0.15) is 5.82 Å². The number of likely N-dealkylation sites (tertiary alicyclic amines) is 1. The highest BCUT2D eigenvalue weighted by molar-refractivity contribution is 5.80. The monoisotopic (exact) mass is 401 g/mol. The summed E-state index contributed by atoms with van der Waals surface area (Å²) in [5.41, 5.74) is -3.02. The first kappa shape index (κ1) is 21.0. The molecule has 3 atom stereocenters. The Morgan fingerprint density at radius 1 is 1.29 bits per heavy atom. The zero-order valence-electron chi connectivity index (χ0n) is 16.5. The number of nitrogens with one attached hydrogen (secondary N) is 1. The third kappa shape index (κ3) is 4.14. The van der Waals surface area contributed by atoms with Crippen LogP contribution in [0, 0.1) is 11.8 Å². The molecule has 2 N–H and O–H groups in total. The molecule has 1 aliphatic carbocycles. The van der Waals surface area contributed by atoms with Crippen molar-refractivity contribution in [3.05, 3.63) is 18.2 Å². The van der Waals surface area contributed by atoms with Crippen molar-refractivity contribution in [2.24, 2.45) is 23.9 Å². The van der Waals surface area contributed by atoms with E-state index in [4.69, 9.17) is 0 Å². The molecule has 28 heavy (non-hydrogen) atoms. The van der Waals surface area contributed by atoms with Gasteiger partial charge >= 0.3 is 6.18 Å². The van der Waals surface area contributed by atoms with Crippen molar-refractivity contribution in [1.82, 2.24) is 19.8 Å². The van der Waals surface area contributed by atoms with Crippen molar-refractivity contribution in [1.29, 1.82) is 0 Å². The molecule has 6 nitrogen and oxygen atoms in total. The van der Waals surface area contributed by atoms with Gasteiger partial charge in [-0.2, -0.15) is 13.2 Å². The summed E-state index contributed by atoms with van der Waals surface area (Å²) in [6.45, 7) is 4.25. The van der Waals surface area contributed by atoms with Crippen molar-refractivity contribution in [3.63, 3.8) is 0 Å². The number of rotatable bonds is 5. The highest BCUT2D eigenvalue weighted by Gasteiger charge is 2.57. The number of alkyl halides is 3. The quantitative estimate of drug-likeness (QED) is 0.588. The maximum absolute atomic E-state index is 13.6. The first-order valence-corrected chi connectivity index (χ1v) is 10.1. The molecule has 0 radical (unpaired) electrons. The second kappa shape index (κ2) is 8.31. The maximum atomic E-state index is 13.6. The van der Waals surface area contributed by atoms with Crippen molar-refractivity contribution in [2.75, 3.05) is 26.2 Å². The van der Waals surface area contributed by atoms with Gasteiger partial charge in [-0.05, 0) is 31.6 Å². The normalized spacial score (nSPS) is 25.5. The van der Waals surface area contributed by atoms with Gasteiger partial charge < -0.3 is 19.9 Å². The lowest BCUT2D eigenvalue weighted by molar-refractivity contribution is -0.272. The molecule has 1 saturated carbocycles. The zero-order valence-corrected chi connectivity index (χ0v) is 16.5. The van der Waals surface area contributed by atoms with Gasteiger partial charge in [-0.25, -0.2) is 4.98 Å². The number of halogens is 3. The average Bonchev–Trinajstić information content (AvgIpc) is 3.26. The molecule has 0 bridgehead atoms.